The van der Waals surface area contributed by atoms with Gasteiger partial charge in [0, 0.05) is 18.6 Å². The van der Waals surface area contributed by atoms with E-state index in [-0.39, 0.29) is 0 Å². The number of nitrogens with zero attached hydrogens (tertiary/aromatic N) is 1. The number of hydrogen-bond acceptors (Lipinski definition) is 2. The Morgan fingerprint density at radius 3 is 2.65 bits per heavy atom. The molecule has 2 rings (SSSR count). The summed E-state index contributed by atoms with van der Waals surface area (Å²) in [6, 6.07) is 10.2. The molecule has 1 aliphatic rings. The first kappa shape index (κ1) is 12.6. The van der Waals surface area contributed by atoms with Gasteiger partial charge < -0.3 is 10.2 Å². The zero-order valence-corrected chi connectivity index (χ0v) is 11.2. The molecular weight excluding hydrogens is 208 g/mol. The van der Waals surface area contributed by atoms with Crippen molar-refractivity contribution in [3.8, 4) is 0 Å². The number of nitrogens with one attached hydrogen (secondary N) is 1. The van der Waals surface area contributed by atoms with E-state index in [2.05, 4.69) is 55.4 Å². The quantitative estimate of drug-likeness (QED) is 0.861. The van der Waals surface area contributed by atoms with Crippen molar-refractivity contribution in [3.05, 3.63) is 35.4 Å². The van der Waals surface area contributed by atoms with Crippen LogP contribution in [0.4, 0.5) is 0 Å². The fourth-order valence-corrected chi connectivity index (χ4v) is 2.44. The molecule has 1 aromatic rings. The highest BCUT2D eigenvalue weighted by Gasteiger charge is 2.21. The summed E-state index contributed by atoms with van der Waals surface area (Å²) in [4.78, 5) is 2.45. The van der Waals surface area contributed by atoms with Crippen LogP contribution in [0.5, 0.6) is 0 Å². The molecule has 1 saturated heterocycles. The van der Waals surface area contributed by atoms with Gasteiger partial charge in [-0.2, -0.15) is 0 Å². The summed E-state index contributed by atoms with van der Waals surface area (Å²) in [7, 11) is 2.22. The van der Waals surface area contributed by atoms with E-state index in [1.165, 1.54) is 30.5 Å². The van der Waals surface area contributed by atoms with Gasteiger partial charge in [0.25, 0.3) is 0 Å². The minimum atomic E-state index is 0.683. The summed E-state index contributed by atoms with van der Waals surface area (Å²) in [6.45, 7) is 6.67. The molecule has 94 valence electrons. The molecule has 17 heavy (non-hydrogen) atoms. The van der Waals surface area contributed by atoms with Crippen LogP contribution < -0.4 is 5.32 Å². The summed E-state index contributed by atoms with van der Waals surface area (Å²) in [5.74, 6) is 0. The van der Waals surface area contributed by atoms with Crippen LogP contribution in [0, 0.1) is 6.92 Å². The summed E-state index contributed by atoms with van der Waals surface area (Å²) in [6.07, 6.45) is 2.54. The van der Waals surface area contributed by atoms with Crippen LogP contribution in [-0.2, 0) is 6.54 Å². The minimum absolute atomic E-state index is 0.683. The highest BCUT2D eigenvalue weighted by molar-refractivity contribution is 5.21. The fourth-order valence-electron chi connectivity index (χ4n) is 2.44. The molecule has 0 saturated carbocycles. The van der Waals surface area contributed by atoms with Gasteiger partial charge in [-0.05, 0) is 45.8 Å². The van der Waals surface area contributed by atoms with E-state index in [1.54, 1.807) is 0 Å². The van der Waals surface area contributed by atoms with E-state index in [1.807, 2.05) is 0 Å². The third-order valence-corrected chi connectivity index (χ3v) is 3.92. The zero-order chi connectivity index (χ0) is 12.3. The second kappa shape index (κ2) is 5.65. The Kier molecular flexibility index (Phi) is 4.19. The average Bonchev–Trinajstić information content (AvgIpc) is 2.33. The number of aryl methyl sites for hydroxylation is 1. The Morgan fingerprint density at radius 1 is 1.29 bits per heavy atom. The van der Waals surface area contributed by atoms with Gasteiger partial charge in [0.1, 0.15) is 0 Å². The van der Waals surface area contributed by atoms with Gasteiger partial charge in [0.15, 0.2) is 0 Å². The van der Waals surface area contributed by atoms with E-state index in [0.717, 1.165) is 6.54 Å². The molecular formula is C15H24N2. The lowest BCUT2D eigenvalue weighted by atomic mass is 9.98. The van der Waals surface area contributed by atoms with Crippen LogP contribution in [0.3, 0.4) is 0 Å². The maximum Gasteiger partial charge on any atom is 0.0208 e. The monoisotopic (exact) mass is 232 g/mol. The fraction of sp³-hybridized carbons (Fsp3) is 0.600. The lowest BCUT2D eigenvalue weighted by Crippen LogP contribution is -2.45. The number of rotatable bonds is 3. The number of likely N-dealkylation sites (tertiary alicyclic amines) is 1. The van der Waals surface area contributed by atoms with Crippen molar-refractivity contribution in [2.75, 3.05) is 13.6 Å². The topological polar surface area (TPSA) is 15.3 Å². The second-order valence-corrected chi connectivity index (χ2v) is 5.42. The number of hydrogen-bond donors (Lipinski definition) is 1. The molecule has 1 N–H and O–H groups in total. The molecule has 0 radical (unpaired) electrons. The first-order valence-electron chi connectivity index (χ1n) is 6.64. The molecule has 1 aromatic carbocycles. The first-order chi connectivity index (χ1) is 8.15. The van der Waals surface area contributed by atoms with Gasteiger partial charge in [-0.25, -0.2) is 0 Å². The number of benzene rings is 1. The van der Waals surface area contributed by atoms with Crippen LogP contribution >= 0.6 is 0 Å². The van der Waals surface area contributed by atoms with E-state index in [4.69, 9.17) is 0 Å². The van der Waals surface area contributed by atoms with E-state index in [9.17, 15) is 0 Å². The molecule has 0 spiro atoms. The van der Waals surface area contributed by atoms with Gasteiger partial charge >= 0.3 is 0 Å². The van der Waals surface area contributed by atoms with Crippen molar-refractivity contribution < 1.29 is 0 Å². The van der Waals surface area contributed by atoms with Crippen molar-refractivity contribution in [1.82, 2.24) is 10.2 Å². The summed E-state index contributed by atoms with van der Waals surface area (Å²) < 4.78 is 0. The first-order valence-corrected chi connectivity index (χ1v) is 6.64. The maximum absolute atomic E-state index is 3.68. The Morgan fingerprint density at radius 2 is 2.00 bits per heavy atom. The standard InChI is InChI=1S/C15H24N2/c1-12-4-6-14(7-5-12)11-16-15-8-9-17(3)13(2)10-15/h4-7,13,15-16H,8-11H2,1-3H3. The lowest BCUT2D eigenvalue weighted by Gasteiger charge is -2.35. The molecule has 0 aliphatic carbocycles. The van der Waals surface area contributed by atoms with Gasteiger partial charge in [-0.3, -0.25) is 0 Å². The predicted molar refractivity (Wildman–Crippen MR) is 73.1 cm³/mol. The Labute approximate surface area is 105 Å². The van der Waals surface area contributed by atoms with Crippen LogP contribution in [0.15, 0.2) is 24.3 Å². The normalized spacial score (nSPS) is 26.1. The Hall–Kier alpha value is -0.860. The van der Waals surface area contributed by atoms with Crippen molar-refractivity contribution in [2.45, 2.75) is 45.3 Å². The molecule has 0 bridgehead atoms. The van der Waals surface area contributed by atoms with Crippen molar-refractivity contribution in [2.24, 2.45) is 0 Å². The Bertz CT molecular complexity index is 344. The van der Waals surface area contributed by atoms with Crippen molar-refractivity contribution in [1.29, 1.82) is 0 Å². The molecule has 0 amide bonds. The predicted octanol–water partition coefficient (Wildman–Crippen LogP) is 2.57. The largest absolute Gasteiger partial charge is 0.310 e. The van der Waals surface area contributed by atoms with E-state index in [0.29, 0.717) is 12.1 Å². The second-order valence-electron chi connectivity index (χ2n) is 5.42. The molecule has 1 heterocycles. The molecule has 2 unspecified atom stereocenters. The van der Waals surface area contributed by atoms with Gasteiger partial charge in [0.2, 0.25) is 0 Å². The molecule has 2 nitrogen and oxygen atoms in total. The highest BCUT2D eigenvalue weighted by atomic mass is 15.1. The van der Waals surface area contributed by atoms with Gasteiger partial charge in [-0.15, -0.1) is 0 Å². The summed E-state index contributed by atoms with van der Waals surface area (Å²) in [5.41, 5.74) is 2.73. The highest BCUT2D eigenvalue weighted by Crippen LogP contribution is 2.15. The molecule has 2 atom stereocenters. The molecule has 1 aliphatic heterocycles. The minimum Gasteiger partial charge on any atom is -0.310 e. The van der Waals surface area contributed by atoms with E-state index >= 15 is 0 Å². The van der Waals surface area contributed by atoms with E-state index < -0.39 is 0 Å². The van der Waals surface area contributed by atoms with Crippen LogP contribution in [0.1, 0.15) is 30.9 Å². The summed E-state index contributed by atoms with van der Waals surface area (Å²) >= 11 is 0. The van der Waals surface area contributed by atoms with Crippen molar-refractivity contribution >= 4 is 0 Å². The molecule has 1 fully saturated rings. The maximum atomic E-state index is 3.68. The zero-order valence-electron chi connectivity index (χ0n) is 11.2. The number of piperidine rings is 1. The summed E-state index contributed by atoms with van der Waals surface area (Å²) in [5, 5.41) is 3.68. The lowest BCUT2D eigenvalue weighted by molar-refractivity contribution is 0.168. The SMILES string of the molecule is Cc1ccc(CNC2CCN(C)C(C)C2)cc1. The molecule has 0 aromatic heterocycles. The van der Waals surface area contributed by atoms with Crippen LogP contribution in [0.2, 0.25) is 0 Å². The van der Waals surface area contributed by atoms with Crippen LogP contribution in [0.25, 0.3) is 0 Å². The van der Waals surface area contributed by atoms with Crippen LogP contribution in [-0.4, -0.2) is 30.6 Å². The smallest absolute Gasteiger partial charge is 0.0208 e. The third-order valence-electron chi connectivity index (χ3n) is 3.92. The van der Waals surface area contributed by atoms with Gasteiger partial charge in [0.05, 0.1) is 0 Å². The Balaban J connectivity index is 1.80. The average molecular weight is 232 g/mol. The third kappa shape index (κ3) is 3.55. The molecule has 2 heteroatoms. The van der Waals surface area contributed by atoms with Crippen molar-refractivity contribution in [3.63, 3.8) is 0 Å². The van der Waals surface area contributed by atoms with Gasteiger partial charge in [-0.1, -0.05) is 29.8 Å².